The highest BCUT2D eigenvalue weighted by Crippen LogP contribution is 2.12. The fraction of sp³-hybridized carbons (Fsp3) is 0.364. The molecule has 15 heavy (non-hydrogen) atoms. The number of benzene rings is 1. The highest BCUT2D eigenvalue weighted by Gasteiger charge is 2.01. The van der Waals surface area contributed by atoms with Crippen LogP contribution in [0.15, 0.2) is 24.3 Å². The Labute approximate surface area is 88.1 Å². The number of aliphatic hydroxyl groups excluding tert-OH is 1. The molecule has 82 valence electrons. The topological polar surface area (TPSA) is 66.8 Å². The monoisotopic (exact) mass is 210 g/mol. The van der Waals surface area contributed by atoms with Gasteiger partial charge in [0, 0.05) is 0 Å². The molecule has 0 aliphatic heterocycles. The van der Waals surface area contributed by atoms with E-state index in [2.05, 4.69) is 0 Å². The molecule has 4 nitrogen and oxygen atoms in total. The summed E-state index contributed by atoms with van der Waals surface area (Å²) in [7, 11) is 0. The summed E-state index contributed by atoms with van der Waals surface area (Å²) < 4.78 is 5.23. The molecule has 0 heterocycles. The van der Waals surface area contributed by atoms with Gasteiger partial charge >= 0.3 is 5.97 Å². The van der Waals surface area contributed by atoms with E-state index >= 15 is 0 Å². The molecule has 0 unspecified atom stereocenters. The maximum absolute atomic E-state index is 10.4. The Kier molecular flexibility index (Phi) is 4.12. The highest BCUT2D eigenvalue weighted by atomic mass is 16.5. The van der Waals surface area contributed by atoms with Gasteiger partial charge in [0.2, 0.25) is 0 Å². The van der Waals surface area contributed by atoms with Gasteiger partial charge in [-0.1, -0.05) is 12.1 Å². The predicted molar refractivity (Wildman–Crippen MR) is 55.0 cm³/mol. The van der Waals surface area contributed by atoms with Crippen molar-refractivity contribution < 1.29 is 19.7 Å². The first-order valence-electron chi connectivity index (χ1n) is 4.69. The van der Waals surface area contributed by atoms with E-state index in [1.807, 2.05) is 0 Å². The van der Waals surface area contributed by atoms with E-state index in [-0.39, 0.29) is 13.0 Å². The number of hydrogen-bond acceptors (Lipinski definition) is 3. The average Bonchev–Trinajstić information content (AvgIpc) is 2.16. The average molecular weight is 210 g/mol. The van der Waals surface area contributed by atoms with Crippen molar-refractivity contribution in [3.63, 3.8) is 0 Å². The zero-order valence-electron chi connectivity index (χ0n) is 8.51. The highest BCUT2D eigenvalue weighted by molar-refractivity contribution is 5.70. The summed E-state index contributed by atoms with van der Waals surface area (Å²) in [6.07, 6.45) is -0.500. The van der Waals surface area contributed by atoms with Crippen molar-refractivity contribution in [2.75, 3.05) is 6.61 Å². The number of carboxylic acid groups (broad SMARTS) is 1. The molecule has 2 N–H and O–H groups in total. The zero-order valence-corrected chi connectivity index (χ0v) is 8.51. The second-order valence-corrected chi connectivity index (χ2v) is 3.37. The first-order chi connectivity index (χ1) is 7.08. The third-order valence-electron chi connectivity index (χ3n) is 1.77. The molecule has 0 spiro atoms. The standard InChI is InChI=1S/C11H14O4/c1-8(12)7-15-10-4-2-9(3-5-10)6-11(13)14/h2-5,8,12H,6-7H2,1H3,(H,13,14)/t8-/m1/s1. The minimum absolute atomic E-state index is 0.0106. The summed E-state index contributed by atoms with van der Waals surface area (Å²) in [5.41, 5.74) is 0.729. The second-order valence-electron chi connectivity index (χ2n) is 3.37. The van der Waals surface area contributed by atoms with Gasteiger partial charge in [0.05, 0.1) is 12.5 Å². The van der Waals surface area contributed by atoms with Gasteiger partial charge in [-0.15, -0.1) is 0 Å². The van der Waals surface area contributed by atoms with Gasteiger partial charge in [0.1, 0.15) is 12.4 Å². The Morgan fingerprint density at radius 1 is 1.40 bits per heavy atom. The molecule has 0 aliphatic rings. The molecule has 0 saturated heterocycles. The fourth-order valence-corrected chi connectivity index (χ4v) is 1.09. The minimum Gasteiger partial charge on any atom is -0.491 e. The van der Waals surface area contributed by atoms with Crippen LogP contribution >= 0.6 is 0 Å². The Morgan fingerprint density at radius 2 is 2.00 bits per heavy atom. The molecular weight excluding hydrogens is 196 g/mol. The van der Waals surface area contributed by atoms with Crippen molar-refractivity contribution in [3.05, 3.63) is 29.8 Å². The number of hydrogen-bond donors (Lipinski definition) is 2. The van der Waals surface area contributed by atoms with E-state index in [1.54, 1.807) is 31.2 Å². The molecule has 0 saturated carbocycles. The lowest BCUT2D eigenvalue weighted by Crippen LogP contribution is -2.12. The van der Waals surface area contributed by atoms with E-state index in [4.69, 9.17) is 14.9 Å². The first-order valence-corrected chi connectivity index (χ1v) is 4.69. The fourth-order valence-electron chi connectivity index (χ4n) is 1.09. The van der Waals surface area contributed by atoms with Crippen molar-refractivity contribution in [3.8, 4) is 5.75 Å². The first kappa shape index (κ1) is 11.5. The molecule has 0 aromatic heterocycles. The maximum atomic E-state index is 10.4. The van der Waals surface area contributed by atoms with Gasteiger partial charge in [-0.3, -0.25) is 4.79 Å². The van der Waals surface area contributed by atoms with E-state index in [1.165, 1.54) is 0 Å². The summed E-state index contributed by atoms with van der Waals surface area (Å²) >= 11 is 0. The van der Waals surface area contributed by atoms with E-state index in [0.29, 0.717) is 5.75 Å². The SMILES string of the molecule is C[C@@H](O)COc1ccc(CC(=O)O)cc1. The summed E-state index contributed by atoms with van der Waals surface area (Å²) in [4.78, 5) is 10.4. The summed E-state index contributed by atoms with van der Waals surface area (Å²) in [6.45, 7) is 1.87. The third kappa shape index (κ3) is 4.46. The molecular formula is C11H14O4. The van der Waals surface area contributed by atoms with Gasteiger partial charge in [0.25, 0.3) is 0 Å². The molecule has 0 aliphatic carbocycles. The maximum Gasteiger partial charge on any atom is 0.307 e. The molecule has 4 heteroatoms. The van der Waals surface area contributed by atoms with Gasteiger partial charge in [-0.25, -0.2) is 0 Å². The van der Waals surface area contributed by atoms with Crippen LogP contribution in [-0.4, -0.2) is 28.9 Å². The van der Waals surface area contributed by atoms with E-state index in [0.717, 1.165) is 5.56 Å². The van der Waals surface area contributed by atoms with Crippen LogP contribution in [0.5, 0.6) is 5.75 Å². The molecule has 1 aromatic rings. The van der Waals surface area contributed by atoms with Crippen LogP contribution in [0.4, 0.5) is 0 Å². The lowest BCUT2D eigenvalue weighted by atomic mass is 10.1. The van der Waals surface area contributed by atoms with Gasteiger partial charge < -0.3 is 14.9 Å². The van der Waals surface area contributed by atoms with Gasteiger partial charge in [0.15, 0.2) is 0 Å². The second kappa shape index (κ2) is 5.36. The smallest absolute Gasteiger partial charge is 0.307 e. The summed E-state index contributed by atoms with van der Waals surface area (Å²) in [5, 5.41) is 17.5. The van der Waals surface area contributed by atoms with Gasteiger partial charge in [-0.05, 0) is 24.6 Å². The predicted octanol–water partition coefficient (Wildman–Crippen LogP) is 1.07. The Bertz CT molecular complexity index is 316. The Balaban J connectivity index is 2.52. The molecule has 0 fully saturated rings. The van der Waals surface area contributed by atoms with Crippen molar-refractivity contribution in [1.29, 1.82) is 0 Å². The number of rotatable bonds is 5. The molecule has 0 bridgehead atoms. The third-order valence-corrected chi connectivity index (χ3v) is 1.77. The molecule has 1 atom stereocenters. The van der Waals surface area contributed by atoms with Crippen LogP contribution < -0.4 is 4.74 Å². The molecule has 0 amide bonds. The van der Waals surface area contributed by atoms with Gasteiger partial charge in [-0.2, -0.15) is 0 Å². The van der Waals surface area contributed by atoms with Crippen LogP contribution in [-0.2, 0) is 11.2 Å². The number of aliphatic carboxylic acids is 1. The van der Waals surface area contributed by atoms with Crippen molar-refractivity contribution in [2.24, 2.45) is 0 Å². The Hall–Kier alpha value is -1.55. The van der Waals surface area contributed by atoms with Crippen LogP contribution in [0.25, 0.3) is 0 Å². The van der Waals surface area contributed by atoms with Crippen molar-refractivity contribution in [1.82, 2.24) is 0 Å². The molecule has 1 rings (SSSR count). The minimum atomic E-state index is -0.854. The van der Waals surface area contributed by atoms with Crippen LogP contribution in [0.2, 0.25) is 0 Å². The summed E-state index contributed by atoms with van der Waals surface area (Å²) in [6, 6.07) is 6.79. The number of ether oxygens (including phenoxy) is 1. The lowest BCUT2D eigenvalue weighted by molar-refractivity contribution is -0.136. The molecule has 0 radical (unpaired) electrons. The summed E-state index contributed by atoms with van der Waals surface area (Å²) in [5.74, 6) is -0.224. The zero-order chi connectivity index (χ0) is 11.3. The lowest BCUT2D eigenvalue weighted by Gasteiger charge is -2.08. The largest absolute Gasteiger partial charge is 0.491 e. The quantitative estimate of drug-likeness (QED) is 0.763. The number of carboxylic acids is 1. The van der Waals surface area contributed by atoms with Crippen LogP contribution in [0.3, 0.4) is 0 Å². The van der Waals surface area contributed by atoms with Crippen LogP contribution in [0.1, 0.15) is 12.5 Å². The van der Waals surface area contributed by atoms with Crippen LogP contribution in [0, 0.1) is 0 Å². The molecule has 1 aromatic carbocycles. The van der Waals surface area contributed by atoms with Crippen molar-refractivity contribution >= 4 is 5.97 Å². The normalized spacial score (nSPS) is 12.1. The number of carbonyl (C=O) groups is 1. The number of aliphatic hydroxyl groups is 1. The Morgan fingerprint density at radius 3 is 2.47 bits per heavy atom. The van der Waals surface area contributed by atoms with E-state index in [9.17, 15) is 4.79 Å². The van der Waals surface area contributed by atoms with E-state index < -0.39 is 12.1 Å². The van der Waals surface area contributed by atoms with Crippen molar-refractivity contribution in [2.45, 2.75) is 19.4 Å².